The molecule has 1 atom stereocenters. The van der Waals surface area contributed by atoms with Gasteiger partial charge in [-0.05, 0) is 29.0 Å². The fourth-order valence-electron chi connectivity index (χ4n) is 2.20. The lowest BCUT2D eigenvalue weighted by atomic mass is 10.0. The van der Waals surface area contributed by atoms with E-state index in [1.54, 1.807) is 6.20 Å². The zero-order chi connectivity index (χ0) is 15.9. The van der Waals surface area contributed by atoms with E-state index in [2.05, 4.69) is 30.2 Å². The van der Waals surface area contributed by atoms with Crippen molar-refractivity contribution in [2.24, 2.45) is 5.73 Å². The predicted octanol–water partition coefficient (Wildman–Crippen LogP) is 2.39. The Morgan fingerprint density at radius 3 is 2.59 bits per heavy atom. The molecule has 0 aliphatic carbocycles. The maximum atomic E-state index is 12.1. The molecule has 0 unspecified atom stereocenters. The Hall–Kier alpha value is -2.20. The second kappa shape index (κ2) is 7.71. The molecule has 0 bridgehead atoms. The number of rotatable bonds is 6. The first kappa shape index (κ1) is 16.2. The first-order chi connectivity index (χ1) is 10.6. The molecule has 2 aromatic rings. The summed E-state index contributed by atoms with van der Waals surface area (Å²) in [5, 5.41) is 2.88. The third-order valence-electron chi connectivity index (χ3n) is 3.58. The molecule has 22 heavy (non-hydrogen) atoms. The van der Waals surface area contributed by atoms with Crippen LogP contribution in [0.2, 0.25) is 0 Å². The average molecular weight is 297 g/mol. The largest absolute Gasteiger partial charge is 0.351 e. The molecule has 0 saturated heterocycles. The van der Waals surface area contributed by atoms with Crippen molar-refractivity contribution in [1.29, 1.82) is 0 Å². The Bertz CT molecular complexity index is 611. The van der Waals surface area contributed by atoms with Gasteiger partial charge in [0.25, 0.3) is 0 Å². The van der Waals surface area contributed by atoms with Gasteiger partial charge in [0.2, 0.25) is 5.91 Å². The SMILES string of the molecule is CC(C)c1cncc(CNC(=O)[C@H](N)Cc2ccccc2)c1. The van der Waals surface area contributed by atoms with Crippen molar-refractivity contribution in [3.8, 4) is 0 Å². The van der Waals surface area contributed by atoms with Gasteiger partial charge < -0.3 is 11.1 Å². The lowest BCUT2D eigenvalue weighted by Gasteiger charge is -2.13. The lowest BCUT2D eigenvalue weighted by molar-refractivity contribution is -0.122. The second-order valence-electron chi connectivity index (χ2n) is 5.80. The van der Waals surface area contributed by atoms with E-state index in [-0.39, 0.29) is 5.91 Å². The number of nitrogens with zero attached hydrogens (tertiary/aromatic N) is 1. The summed E-state index contributed by atoms with van der Waals surface area (Å²) in [6, 6.07) is 11.3. The normalized spacial score (nSPS) is 12.2. The average Bonchev–Trinajstić information content (AvgIpc) is 2.53. The van der Waals surface area contributed by atoms with E-state index >= 15 is 0 Å². The topological polar surface area (TPSA) is 68.0 Å². The fraction of sp³-hybridized carbons (Fsp3) is 0.333. The molecule has 116 valence electrons. The van der Waals surface area contributed by atoms with Gasteiger partial charge in [0.05, 0.1) is 6.04 Å². The number of hydrogen-bond donors (Lipinski definition) is 2. The van der Waals surface area contributed by atoms with Crippen LogP contribution in [0.25, 0.3) is 0 Å². The Balaban J connectivity index is 1.88. The first-order valence-electron chi connectivity index (χ1n) is 7.57. The number of hydrogen-bond acceptors (Lipinski definition) is 3. The highest BCUT2D eigenvalue weighted by Gasteiger charge is 2.13. The quantitative estimate of drug-likeness (QED) is 0.860. The maximum absolute atomic E-state index is 12.1. The van der Waals surface area contributed by atoms with Gasteiger partial charge in [-0.3, -0.25) is 9.78 Å². The molecule has 0 spiro atoms. The Kier molecular flexibility index (Phi) is 5.67. The summed E-state index contributed by atoms with van der Waals surface area (Å²) >= 11 is 0. The van der Waals surface area contributed by atoms with Gasteiger partial charge in [0, 0.05) is 18.9 Å². The lowest BCUT2D eigenvalue weighted by Crippen LogP contribution is -2.41. The molecular weight excluding hydrogens is 274 g/mol. The third kappa shape index (κ3) is 4.67. The van der Waals surface area contributed by atoms with E-state index < -0.39 is 6.04 Å². The van der Waals surface area contributed by atoms with Gasteiger partial charge in [-0.2, -0.15) is 0 Å². The van der Waals surface area contributed by atoms with Crippen molar-refractivity contribution in [3.63, 3.8) is 0 Å². The van der Waals surface area contributed by atoms with Crippen molar-refractivity contribution in [2.75, 3.05) is 0 Å². The standard InChI is InChI=1S/C18H23N3O/c1-13(2)16-8-15(10-20-12-16)11-21-18(22)17(19)9-14-6-4-3-5-7-14/h3-8,10,12-13,17H,9,11,19H2,1-2H3,(H,21,22)/t17-/m1/s1. The fourth-order valence-corrected chi connectivity index (χ4v) is 2.20. The number of aromatic nitrogens is 1. The predicted molar refractivity (Wildman–Crippen MR) is 88.3 cm³/mol. The molecule has 1 aromatic carbocycles. The molecule has 0 fully saturated rings. The zero-order valence-electron chi connectivity index (χ0n) is 13.1. The Morgan fingerprint density at radius 2 is 1.91 bits per heavy atom. The van der Waals surface area contributed by atoms with Crippen LogP contribution in [-0.4, -0.2) is 16.9 Å². The van der Waals surface area contributed by atoms with Crippen LogP contribution in [0.4, 0.5) is 0 Å². The summed E-state index contributed by atoms with van der Waals surface area (Å²) < 4.78 is 0. The highest BCUT2D eigenvalue weighted by Crippen LogP contribution is 2.13. The van der Waals surface area contributed by atoms with Crippen molar-refractivity contribution in [3.05, 3.63) is 65.5 Å². The van der Waals surface area contributed by atoms with Gasteiger partial charge in [-0.1, -0.05) is 50.2 Å². The van der Waals surface area contributed by atoms with E-state index in [1.165, 1.54) is 5.56 Å². The molecule has 0 saturated carbocycles. The highest BCUT2D eigenvalue weighted by molar-refractivity contribution is 5.81. The highest BCUT2D eigenvalue weighted by atomic mass is 16.2. The minimum atomic E-state index is -0.538. The molecule has 0 aliphatic heterocycles. The summed E-state index contributed by atoms with van der Waals surface area (Å²) in [6.07, 6.45) is 4.17. The Labute approximate surface area is 131 Å². The summed E-state index contributed by atoms with van der Waals surface area (Å²) in [4.78, 5) is 16.3. The van der Waals surface area contributed by atoms with Gasteiger partial charge in [-0.25, -0.2) is 0 Å². The number of nitrogens with one attached hydrogen (secondary N) is 1. The van der Waals surface area contributed by atoms with Crippen LogP contribution >= 0.6 is 0 Å². The van der Waals surface area contributed by atoms with Crippen LogP contribution in [0.15, 0.2) is 48.8 Å². The van der Waals surface area contributed by atoms with Crippen molar-refractivity contribution >= 4 is 5.91 Å². The van der Waals surface area contributed by atoms with Crippen LogP contribution in [0.5, 0.6) is 0 Å². The smallest absolute Gasteiger partial charge is 0.237 e. The van der Waals surface area contributed by atoms with Crippen LogP contribution < -0.4 is 11.1 Å². The monoisotopic (exact) mass is 297 g/mol. The molecule has 0 radical (unpaired) electrons. The number of carbonyl (C=O) groups is 1. The van der Waals surface area contributed by atoms with Crippen molar-refractivity contribution in [1.82, 2.24) is 10.3 Å². The minimum absolute atomic E-state index is 0.140. The van der Waals surface area contributed by atoms with Crippen LogP contribution in [0.3, 0.4) is 0 Å². The number of amides is 1. The van der Waals surface area contributed by atoms with E-state index in [1.807, 2.05) is 36.5 Å². The second-order valence-corrected chi connectivity index (χ2v) is 5.80. The molecule has 2 rings (SSSR count). The summed E-state index contributed by atoms with van der Waals surface area (Å²) in [5.41, 5.74) is 9.19. The first-order valence-corrected chi connectivity index (χ1v) is 7.57. The number of carbonyl (C=O) groups excluding carboxylic acids is 1. The number of pyridine rings is 1. The molecule has 3 N–H and O–H groups in total. The summed E-state index contributed by atoms with van der Waals surface area (Å²) in [6.45, 7) is 4.69. The van der Waals surface area contributed by atoms with Crippen molar-refractivity contribution in [2.45, 2.75) is 38.8 Å². The van der Waals surface area contributed by atoms with Gasteiger partial charge >= 0.3 is 0 Å². The number of benzene rings is 1. The number of nitrogens with two attached hydrogens (primary N) is 1. The van der Waals surface area contributed by atoms with Gasteiger partial charge in [-0.15, -0.1) is 0 Å². The van der Waals surface area contributed by atoms with E-state index in [0.717, 1.165) is 11.1 Å². The molecular formula is C18H23N3O. The molecule has 1 amide bonds. The third-order valence-corrected chi connectivity index (χ3v) is 3.58. The van der Waals surface area contributed by atoms with E-state index in [4.69, 9.17) is 5.73 Å². The van der Waals surface area contributed by atoms with Crippen LogP contribution in [-0.2, 0) is 17.8 Å². The van der Waals surface area contributed by atoms with Crippen LogP contribution in [0.1, 0.15) is 36.5 Å². The molecule has 0 aliphatic rings. The van der Waals surface area contributed by atoms with E-state index in [0.29, 0.717) is 18.9 Å². The van der Waals surface area contributed by atoms with Crippen LogP contribution in [0, 0.1) is 0 Å². The molecule has 4 nitrogen and oxygen atoms in total. The van der Waals surface area contributed by atoms with E-state index in [9.17, 15) is 4.79 Å². The molecule has 1 aromatic heterocycles. The van der Waals surface area contributed by atoms with Gasteiger partial charge in [0.1, 0.15) is 0 Å². The minimum Gasteiger partial charge on any atom is -0.351 e. The van der Waals surface area contributed by atoms with Crippen molar-refractivity contribution < 1.29 is 4.79 Å². The molecule has 1 heterocycles. The summed E-state index contributed by atoms with van der Waals surface area (Å²) in [5.74, 6) is 0.280. The Morgan fingerprint density at radius 1 is 1.18 bits per heavy atom. The zero-order valence-corrected chi connectivity index (χ0v) is 13.1. The molecule has 4 heteroatoms. The summed E-state index contributed by atoms with van der Waals surface area (Å²) in [7, 11) is 0. The maximum Gasteiger partial charge on any atom is 0.237 e. The van der Waals surface area contributed by atoms with Gasteiger partial charge in [0.15, 0.2) is 0 Å².